The van der Waals surface area contributed by atoms with E-state index >= 15 is 0 Å². The van der Waals surface area contributed by atoms with E-state index in [2.05, 4.69) is 75.9 Å². The third-order valence-electron chi connectivity index (χ3n) is 4.35. The van der Waals surface area contributed by atoms with Gasteiger partial charge in [0.25, 0.3) is 0 Å². The lowest BCUT2D eigenvalue weighted by molar-refractivity contribution is 1.06. The number of imidazole rings is 1. The van der Waals surface area contributed by atoms with Crippen molar-refractivity contribution in [1.29, 1.82) is 0 Å². The van der Waals surface area contributed by atoms with Crippen LogP contribution in [0.2, 0.25) is 0 Å². The van der Waals surface area contributed by atoms with Gasteiger partial charge in [-0.15, -0.1) is 0 Å². The topological polar surface area (TPSA) is 33.1 Å². The summed E-state index contributed by atoms with van der Waals surface area (Å²) in [6.07, 6.45) is 4.93. The zero-order valence-corrected chi connectivity index (χ0v) is 16.6. The van der Waals surface area contributed by atoms with Crippen LogP contribution in [0.25, 0.3) is 28.0 Å². The summed E-state index contributed by atoms with van der Waals surface area (Å²) in [6, 6.07) is 16.9. The highest BCUT2D eigenvalue weighted by atomic mass is 127. The first-order valence-electron chi connectivity index (χ1n) is 8.12. The molecular formula is C20H16IN3S. The molecule has 1 N–H and O–H groups in total. The van der Waals surface area contributed by atoms with Crippen molar-refractivity contribution >= 4 is 40.5 Å². The Morgan fingerprint density at radius 2 is 1.84 bits per heavy atom. The molecule has 0 aliphatic heterocycles. The maximum Gasteiger partial charge on any atom is 0.205 e. The van der Waals surface area contributed by atoms with Gasteiger partial charge in [-0.3, -0.25) is 4.40 Å². The first-order chi connectivity index (χ1) is 12.2. The summed E-state index contributed by atoms with van der Waals surface area (Å²) < 4.78 is 3.69. The molecule has 0 aliphatic rings. The highest BCUT2D eigenvalue weighted by Crippen LogP contribution is 2.30. The predicted octanol–water partition coefficient (Wildman–Crippen LogP) is 5.89. The van der Waals surface area contributed by atoms with E-state index in [1.54, 1.807) is 0 Å². The van der Waals surface area contributed by atoms with Gasteiger partial charge in [-0.05, 0) is 58.4 Å². The average Bonchev–Trinajstić information content (AvgIpc) is 3.09. The number of halogens is 1. The lowest BCUT2D eigenvalue weighted by Gasteiger charge is -2.06. The van der Waals surface area contributed by atoms with Crippen LogP contribution in [0.3, 0.4) is 0 Å². The Balaban J connectivity index is 1.93. The van der Waals surface area contributed by atoms with Crippen molar-refractivity contribution in [3.05, 3.63) is 74.8 Å². The number of aryl methyl sites for hydroxylation is 1. The van der Waals surface area contributed by atoms with E-state index in [9.17, 15) is 0 Å². The standard InChI is InChI=1S/C20H16IN3S/c1-2-13-7-9-14(10-8-13)18-12-24-19(23-18)16(11-22-20(24)25)15-5-3-4-6-17(15)21/h3-12,23H,2H2,1H3. The van der Waals surface area contributed by atoms with Crippen molar-refractivity contribution in [2.75, 3.05) is 0 Å². The maximum absolute atomic E-state index is 5.43. The van der Waals surface area contributed by atoms with Crippen molar-refractivity contribution in [3.8, 4) is 22.4 Å². The summed E-state index contributed by atoms with van der Waals surface area (Å²) in [4.78, 5) is 7.95. The van der Waals surface area contributed by atoms with Crippen molar-refractivity contribution in [3.63, 3.8) is 0 Å². The molecule has 2 heterocycles. The van der Waals surface area contributed by atoms with E-state index in [4.69, 9.17) is 12.2 Å². The number of nitrogens with one attached hydrogen (secondary N) is 1. The molecule has 2 aromatic carbocycles. The lowest BCUT2D eigenvalue weighted by atomic mass is 10.1. The van der Waals surface area contributed by atoms with Gasteiger partial charge in [-0.1, -0.05) is 49.4 Å². The van der Waals surface area contributed by atoms with Crippen LogP contribution in [0.5, 0.6) is 0 Å². The van der Waals surface area contributed by atoms with Crippen molar-refractivity contribution in [2.45, 2.75) is 13.3 Å². The first kappa shape index (κ1) is 16.5. The van der Waals surface area contributed by atoms with Gasteiger partial charge < -0.3 is 4.98 Å². The van der Waals surface area contributed by atoms with E-state index in [0.717, 1.165) is 34.5 Å². The van der Waals surface area contributed by atoms with E-state index in [0.29, 0.717) is 4.77 Å². The van der Waals surface area contributed by atoms with Gasteiger partial charge in [-0.2, -0.15) is 0 Å². The molecule has 0 atom stereocenters. The van der Waals surface area contributed by atoms with Gasteiger partial charge in [0, 0.05) is 27.1 Å². The second-order valence-corrected chi connectivity index (χ2v) is 7.40. The Labute approximate surface area is 164 Å². The minimum atomic E-state index is 0.553. The highest BCUT2D eigenvalue weighted by Gasteiger charge is 2.12. The molecular weight excluding hydrogens is 441 g/mol. The minimum absolute atomic E-state index is 0.553. The molecule has 2 aromatic heterocycles. The van der Waals surface area contributed by atoms with E-state index in [-0.39, 0.29) is 0 Å². The smallest absolute Gasteiger partial charge is 0.205 e. The van der Waals surface area contributed by atoms with Gasteiger partial charge in [0.1, 0.15) is 5.65 Å². The van der Waals surface area contributed by atoms with Crippen LogP contribution in [0.4, 0.5) is 0 Å². The summed E-state index contributed by atoms with van der Waals surface area (Å²) in [5, 5.41) is 0. The van der Waals surface area contributed by atoms with Crippen molar-refractivity contribution in [1.82, 2.24) is 14.4 Å². The largest absolute Gasteiger partial charge is 0.339 e. The van der Waals surface area contributed by atoms with Crippen LogP contribution in [0, 0.1) is 8.34 Å². The summed E-state index contributed by atoms with van der Waals surface area (Å²) in [6.45, 7) is 2.16. The number of aromatic amines is 1. The molecule has 124 valence electrons. The van der Waals surface area contributed by atoms with E-state index in [1.165, 1.54) is 9.13 Å². The normalized spacial score (nSPS) is 11.1. The minimum Gasteiger partial charge on any atom is -0.339 e. The Bertz CT molecular complexity index is 1110. The fourth-order valence-electron chi connectivity index (χ4n) is 2.95. The first-order valence-corrected chi connectivity index (χ1v) is 9.60. The zero-order chi connectivity index (χ0) is 17.4. The molecule has 3 nitrogen and oxygen atoms in total. The quantitative estimate of drug-likeness (QED) is 0.307. The molecule has 25 heavy (non-hydrogen) atoms. The number of hydrogen-bond donors (Lipinski definition) is 1. The number of hydrogen-bond acceptors (Lipinski definition) is 2. The molecule has 0 bridgehead atoms. The van der Waals surface area contributed by atoms with Crippen LogP contribution in [-0.4, -0.2) is 14.4 Å². The third kappa shape index (κ3) is 3.02. The summed E-state index contributed by atoms with van der Waals surface area (Å²) >= 11 is 7.78. The summed E-state index contributed by atoms with van der Waals surface area (Å²) in [7, 11) is 0. The van der Waals surface area contributed by atoms with E-state index < -0.39 is 0 Å². The Morgan fingerprint density at radius 3 is 2.56 bits per heavy atom. The Morgan fingerprint density at radius 1 is 1.08 bits per heavy atom. The second-order valence-electron chi connectivity index (χ2n) is 5.87. The van der Waals surface area contributed by atoms with Gasteiger partial charge >= 0.3 is 0 Å². The molecule has 0 fully saturated rings. The molecule has 0 saturated carbocycles. The number of rotatable bonds is 3. The number of H-pyrrole nitrogens is 1. The fourth-order valence-corrected chi connectivity index (χ4v) is 3.82. The number of nitrogens with zero attached hydrogens (tertiary/aromatic N) is 2. The predicted molar refractivity (Wildman–Crippen MR) is 113 cm³/mol. The number of benzene rings is 2. The van der Waals surface area contributed by atoms with Gasteiger partial charge in [0.05, 0.1) is 5.69 Å². The Hall–Kier alpha value is -1.99. The fraction of sp³-hybridized carbons (Fsp3) is 0.100. The van der Waals surface area contributed by atoms with Gasteiger partial charge in [0.2, 0.25) is 4.77 Å². The molecule has 0 aliphatic carbocycles. The maximum atomic E-state index is 5.43. The summed E-state index contributed by atoms with van der Waals surface area (Å²) in [5.74, 6) is 0. The number of fused-ring (bicyclic) bond motifs is 1. The van der Waals surface area contributed by atoms with Crippen molar-refractivity contribution in [2.24, 2.45) is 0 Å². The monoisotopic (exact) mass is 457 g/mol. The van der Waals surface area contributed by atoms with Crippen LogP contribution in [-0.2, 0) is 6.42 Å². The molecule has 4 rings (SSSR count). The Kier molecular flexibility index (Phi) is 4.43. The van der Waals surface area contributed by atoms with Gasteiger partial charge in [0.15, 0.2) is 0 Å². The highest BCUT2D eigenvalue weighted by molar-refractivity contribution is 14.1. The molecule has 0 spiro atoms. The zero-order valence-electron chi connectivity index (χ0n) is 13.7. The molecule has 0 saturated heterocycles. The molecule has 0 radical (unpaired) electrons. The van der Waals surface area contributed by atoms with Gasteiger partial charge in [-0.25, -0.2) is 4.98 Å². The molecule has 0 unspecified atom stereocenters. The second kappa shape index (κ2) is 6.72. The average molecular weight is 457 g/mol. The van der Waals surface area contributed by atoms with Crippen LogP contribution in [0.1, 0.15) is 12.5 Å². The lowest BCUT2D eigenvalue weighted by Crippen LogP contribution is -1.93. The van der Waals surface area contributed by atoms with Crippen LogP contribution >= 0.6 is 34.8 Å². The van der Waals surface area contributed by atoms with E-state index in [1.807, 2.05) is 28.9 Å². The molecule has 5 heteroatoms. The van der Waals surface area contributed by atoms with Crippen LogP contribution < -0.4 is 0 Å². The van der Waals surface area contributed by atoms with Crippen LogP contribution in [0.15, 0.2) is 60.9 Å². The number of aromatic nitrogens is 3. The SMILES string of the molecule is CCc1ccc(-c2cn3c(=S)ncc(-c4ccccc4I)c3[nH]2)cc1. The summed E-state index contributed by atoms with van der Waals surface area (Å²) in [5.41, 5.74) is 6.68. The molecule has 4 aromatic rings. The molecule has 0 amide bonds. The van der Waals surface area contributed by atoms with Crippen molar-refractivity contribution < 1.29 is 0 Å². The third-order valence-corrected chi connectivity index (χ3v) is 5.60.